The molecule has 0 aromatic heterocycles. The quantitative estimate of drug-likeness (QED) is 0.475. The van der Waals surface area contributed by atoms with E-state index in [2.05, 4.69) is 6.92 Å². The van der Waals surface area contributed by atoms with Crippen LogP contribution in [0.1, 0.15) is 30.1 Å². The van der Waals surface area contributed by atoms with Gasteiger partial charge in [0.15, 0.2) is 0 Å². The van der Waals surface area contributed by atoms with E-state index in [-0.39, 0.29) is 27.9 Å². The molecule has 0 saturated heterocycles. The van der Waals surface area contributed by atoms with Gasteiger partial charge in [-0.3, -0.25) is 0 Å². The first-order valence-electron chi connectivity index (χ1n) is 6.05. The second-order valence-electron chi connectivity index (χ2n) is 3.96. The van der Waals surface area contributed by atoms with Gasteiger partial charge in [0.25, 0.3) is 0 Å². The first-order chi connectivity index (χ1) is 9.06. The number of hydrogen-bond acceptors (Lipinski definition) is 4. The number of nitrogens with two attached hydrogens (primary N) is 1. The van der Waals surface area contributed by atoms with E-state index < -0.39 is 5.97 Å². The molecule has 0 fully saturated rings. The van der Waals surface area contributed by atoms with Gasteiger partial charge < -0.3 is 15.2 Å². The number of anilines is 1. The summed E-state index contributed by atoms with van der Waals surface area (Å²) in [6.07, 6.45) is 2.07. The Morgan fingerprint density at radius 3 is 2.63 bits per heavy atom. The van der Waals surface area contributed by atoms with Crippen LogP contribution in [0.4, 0.5) is 5.69 Å². The Balaban J connectivity index is 2.42. The van der Waals surface area contributed by atoms with Crippen LogP contribution < -0.4 is 5.73 Å². The molecule has 0 amide bonds. The van der Waals surface area contributed by atoms with Crippen molar-refractivity contribution in [2.75, 3.05) is 25.6 Å². The molecule has 0 unspecified atom stereocenters. The third-order valence-electron chi connectivity index (χ3n) is 2.40. The SMILES string of the molecule is CCCCOCCOC(=O)c1cc(N)c(Cl)c(Cl)c1. The average Bonchev–Trinajstić information content (AvgIpc) is 2.39. The zero-order valence-electron chi connectivity index (χ0n) is 10.7. The third kappa shape index (κ3) is 5.27. The standard InChI is InChI=1S/C13H17Cl2NO3/c1-2-3-4-18-5-6-19-13(17)9-7-10(14)12(15)11(16)8-9/h7-8H,2-6,16H2,1H3. The van der Waals surface area contributed by atoms with Crippen LogP contribution in [0.3, 0.4) is 0 Å². The van der Waals surface area contributed by atoms with Crippen molar-refractivity contribution in [3.63, 3.8) is 0 Å². The summed E-state index contributed by atoms with van der Waals surface area (Å²) in [4.78, 5) is 11.7. The second kappa shape index (κ2) is 8.25. The minimum absolute atomic E-state index is 0.197. The summed E-state index contributed by atoms with van der Waals surface area (Å²) in [6, 6.07) is 2.87. The Kier molecular flexibility index (Phi) is 6.99. The molecule has 0 saturated carbocycles. The van der Waals surface area contributed by atoms with Crippen LogP contribution in [0.15, 0.2) is 12.1 Å². The van der Waals surface area contributed by atoms with Crippen LogP contribution in [-0.4, -0.2) is 25.8 Å². The molecule has 0 atom stereocenters. The molecule has 0 aliphatic heterocycles. The lowest BCUT2D eigenvalue weighted by molar-refractivity contribution is 0.0314. The topological polar surface area (TPSA) is 61.5 Å². The smallest absolute Gasteiger partial charge is 0.338 e. The fraction of sp³-hybridized carbons (Fsp3) is 0.462. The number of hydrogen-bond donors (Lipinski definition) is 1. The Labute approximate surface area is 122 Å². The van der Waals surface area contributed by atoms with Gasteiger partial charge >= 0.3 is 5.97 Å². The number of unbranched alkanes of at least 4 members (excludes halogenated alkanes) is 1. The average molecular weight is 306 g/mol. The fourth-order valence-electron chi connectivity index (χ4n) is 1.35. The van der Waals surface area contributed by atoms with Crippen molar-refractivity contribution in [1.82, 2.24) is 0 Å². The van der Waals surface area contributed by atoms with Gasteiger partial charge in [-0.15, -0.1) is 0 Å². The largest absolute Gasteiger partial charge is 0.460 e. The molecule has 0 bridgehead atoms. The van der Waals surface area contributed by atoms with Crippen molar-refractivity contribution in [3.05, 3.63) is 27.7 Å². The highest BCUT2D eigenvalue weighted by atomic mass is 35.5. The van der Waals surface area contributed by atoms with Crippen LogP contribution in [0.25, 0.3) is 0 Å². The molecule has 1 rings (SSSR count). The van der Waals surface area contributed by atoms with Gasteiger partial charge in [-0.25, -0.2) is 4.79 Å². The minimum Gasteiger partial charge on any atom is -0.460 e. The summed E-state index contributed by atoms with van der Waals surface area (Å²) >= 11 is 11.6. The Morgan fingerprint density at radius 2 is 2.00 bits per heavy atom. The zero-order chi connectivity index (χ0) is 14.3. The van der Waals surface area contributed by atoms with Crippen molar-refractivity contribution in [2.24, 2.45) is 0 Å². The van der Waals surface area contributed by atoms with Crippen molar-refractivity contribution < 1.29 is 14.3 Å². The van der Waals surface area contributed by atoms with E-state index in [9.17, 15) is 4.79 Å². The second-order valence-corrected chi connectivity index (χ2v) is 4.75. The number of esters is 1. The van der Waals surface area contributed by atoms with Crippen molar-refractivity contribution in [2.45, 2.75) is 19.8 Å². The maximum Gasteiger partial charge on any atom is 0.338 e. The number of halogens is 2. The summed E-state index contributed by atoms with van der Waals surface area (Å²) in [5, 5.41) is 0.467. The van der Waals surface area contributed by atoms with E-state index in [1.807, 2.05) is 0 Å². The Morgan fingerprint density at radius 1 is 1.26 bits per heavy atom. The molecule has 0 heterocycles. The highest BCUT2D eigenvalue weighted by molar-refractivity contribution is 6.43. The van der Waals surface area contributed by atoms with Gasteiger partial charge in [-0.05, 0) is 18.6 Å². The van der Waals surface area contributed by atoms with Crippen LogP contribution >= 0.6 is 23.2 Å². The van der Waals surface area contributed by atoms with Crippen LogP contribution in [0.2, 0.25) is 10.0 Å². The molecule has 4 nitrogen and oxygen atoms in total. The van der Waals surface area contributed by atoms with Crippen LogP contribution in [0.5, 0.6) is 0 Å². The lowest BCUT2D eigenvalue weighted by atomic mass is 10.2. The third-order valence-corrected chi connectivity index (χ3v) is 3.21. The molecule has 2 N–H and O–H groups in total. The minimum atomic E-state index is -0.496. The summed E-state index contributed by atoms with van der Waals surface area (Å²) in [7, 11) is 0. The van der Waals surface area contributed by atoms with Crippen LogP contribution in [-0.2, 0) is 9.47 Å². The molecule has 1 aromatic carbocycles. The summed E-state index contributed by atoms with van der Waals surface area (Å²) in [6.45, 7) is 3.33. The molecular weight excluding hydrogens is 289 g/mol. The van der Waals surface area contributed by atoms with E-state index in [0.29, 0.717) is 13.2 Å². The first kappa shape index (κ1) is 16.1. The Bertz CT molecular complexity index is 415. The normalized spacial score (nSPS) is 10.5. The van der Waals surface area contributed by atoms with Crippen molar-refractivity contribution in [3.8, 4) is 0 Å². The molecule has 6 heteroatoms. The summed E-state index contributed by atoms with van der Waals surface area (Å²) in [5.74, 6) is -0.496. The summed E-state index contributed by atoms with van der Waals surface area (Å²) < 4.78 is 10.3. The first-order valence-corrected chi connectivity index (χ1v) is 6.81. The van der Waals surface area contributed by atoms with E-state index in [0.717, 1.165) is 12.8 Å². The number of carbonyl (C=O) groups is 1. The predicted octanol–water partition coefficient (Wildman–Crippen LogP) is 3.55. The van der Waals surface area contributed by atoms with Gasteiger partial charge in [0, 0.05) is 6.61 Å². The predicted molar refractivity (Wildman–Crippen MR) is 76.9 cm³/mol. The number of nitrogen functional groups attached to an aromatic ring is 1. The summed E-state index contributed by atoms with van der Waals surface area (Å²) in [5.41, 5.74) is 6.15. The number of carbonyl (C=O) groups excluding carboxylic acids is 1. The van der Waals surface area contributed by atoms with Gasteiger partial charge in [-0.1, -0.05) is 36.5 Å². The van der Waals surface area contributed by atoms with Gasteiger partial charge in [0.2, 0.25) is 0 Å². The molecule has 0 aliphatic carbocycles. The molecule has 0 radical (unpaired) electrons. The van der Waals surface area contributed by atoms with E-state index in [4.69, 9.17) is 38.4 Å². The lowest BCUT2D eigenvalue weighted by Crippen LogP contribution is -2.11. The van der Waals surface area contributed by atoms with Gasteiger partial charge in [0.05, 0.1) is 27.9 Å². The van der Waals surface area contributed by atoms with E-state index in [1.54, 1.807) is 0 Å². The maximum absolute atomic E-state index is 11.7. The van der Waals surface area contributed by atoms with Gasteiger partial charge in [-0.2, -0.15) is 0 Å². The molecule has 106 valence electrons. The number of ether oxygens (including phenoxy) is 2. The molecule has 0 aliphatic rings. The van der Waals surface area contributed by atoms with E-state index in [1.165, 1.54) is 12.1 Å². The monoisotopic (exact) mass is 305 g/mol. The molecule has 19 heavy (non-hydrogen) atoms. The number of benzene rings is 1. The molecule has 0 spiro atoms. The molecule has 1 aromatic rings. The van der Waals surface area contributed by atoms with Crippen molar-refractivity contribution >= 4 is 34.9 Å². The lowest BCUT2D eigenvalue weighted by Gasteiger charge is -2.08. The maximum atomic E-state index is 11.7. The molecular formula is C13H17Cl2NO3. The highest BCUT2D eigenvalue weighted by Gasteiger charge is 2.12. The van der Waals surface area contributed by atoms with E-state index >= 15 is 0 Å². The number of rotatable bonds is 7. The zero-order valence-corrected chi connectivity index (χ0v) is 12.3. The highest BCUT2D eigenvalue weighted by Crippen LogP contribution is 2.29. The fourth-order valence-corrected chi connectivity index (χ4v) is 1.69. The Hall–Kier alpha value is -0.970. The van der Waals surface area contributed by atoms with Gasteiger partial charge in [0.1, 0.15) is 6.61 Å². The van der Waals surface area contributed by atoms with Crippen molar-refractivity contribution in [1.29, 1.82) is 0 Å². The van der Waals surface area contributed by atoms with Crippen LogP contribution in [0, 0.1) is 0 Å².